The Balaban J connectivity index is 2.39. The first-order chi connectivity index (χ1) is 9.86. The molecule has 1 rings (SSSR count). The summed E-state index contributed by atoms with van der Waals surface area (Å²) in [6.45, 7) is 2.44. The molecule has 1 saturated carbocycles. The van der Waals surface area contributed by atoms with Crippen LogP contribution in [-0.2, 0) is 9.59 Å². The molecular weight excluding hydrogens is 274 g/mol. The first kappa shape index (κ1) is 17.3. The Morgan fingerprint density at radius 3 is 2.57 bits per heavy atom. The molecule has 0 aromatic heterocycles. The van der Waals surface area contributed by atoms with Crippen molar-refractivity contribution in [1.82, 2.24) is 15.5 Å². The number of nitrogens with zero attached hydrogens (tertiary/aromatic N) is 1. The maximum atomic E-state index is 12.0. The molecule has 3 unspecified atom stereocenters. The number of rotatable bonds is 6. The number of amides is 3. The summed E-state index contributed by atoms with van der Waals surface area (Å²) in [7, 11) is 3.18. The van der Waals surface area contributed by atoms with Crippen molar-refractivity contribution in [1.29, 1.82) is 0 Å². The lowest BCUT2D eigenvalue weighted by atomic mass is 9.96. The molecule has 3 atom stereocenters. The molecule has 0 saturated heterocycles. The Bertz CT molecular complexity index is 400. The number of urea groups is 1. The average molecular weight is 299 g/mol. The van der Waals surface area contributed by atoms with Gasteiger partial charge in [-0.15, -0.1) is 0 Å². The van der Waals surface area contributed by atoms with Crippen molar-refractivity contribution in [2.24, 2.45) is 17.8 Å². The van der Waals surface area contributed by atoms with E-state index in [4.69, 9.17) is 5.11 Å². The zero-order valence-electron chi connectivity index (χ0n) is 12.9. The monoisotopic (exact) mass is 299 g/mol. The van der Waals surface area contributed by atoms with E-state index < -0.39 is 5.97 Å². The average Bonchev–Trinajstić information content (AvgIpc) is 2.92. The second-order valence-electron chi connectivity index (χ2n) is 5.72. The molecule has 21 heavy (non-hydrogen) atoms. The molecule has 7 heteroatoms. The van der Waals surface area contributed by atoms with Crippen LogP contribution in [0, 0.1) is 17.8 Å². The summed E-state index contributed by atoms with van der Waals surface area (Å²) in [5, 5.41) is 14.4. The maximum absolute atomic E-state index is 12.0. The van der Waals surface area contributed by atoms with Crippen LogP contribution in [0.1, 0.15) is 26.2 Å². The topological polar surface area (TPSA) is 98.7 Å². The molecule has 0 aliphatic heterocycles. The quantitative estimate of drug-likeness (QED) is 0.665. The zero-order chi connectivity index (χ0) is 16.0. The van der Waals surface area contributed by atoms with E-state index in [1.807, 2.05) is 0 Å². The minimum Gasteiger partial charge on any atom is -0.481 e. The Labute approximate surface area is 125 Å². The molecule has 0 bridgehead atoms. The number of carbonyl (C=O) groups is 3. The number of hydrogen-bond donors (Lipinski definition) is 3. The van der Waals surface area contributed by atoms with Crippen LogP contribution in [0.4, 0.5) is 4.79 Å². The summed E-state index contributed by atoms with van der Waals surface area (Å²) in [5.41, 5.74) is 0. The van der Waals surface area contributed by atoms with Gasteiger partial charge in [0, 0.05) is 27.2 Å². The molecule has 7 nitrogen and oxygen atoms in total. The van der Waals surface area contributed by atoms with Gasteiger partial charge in [0.15, 0.2) is 0 Å². The summed E-state index contributed by atoms with van der Waals surface area (Å²) >= 11 is 0. The van der Waals surface area contributed by atoms with E-state index >= 15 is 0 Å². The maximum Gasteiger partial charge on any atom is 0.317 e. The van der Waals surface area contributed by atoms with Crippen molar-refractivity contribution in [3.63, 3.8) is 0 Å². The van der Waals surface area contributed by atoms with Gasteiger partial charge >= 0.3 is 12.0 Å². The molecule has 1 aliphatic rings. The zero-order valence-corrected chi connectivity index (χ0v) is 12.9. The number of carboxylic acids is 1. The first-order valence-corrected chi connectivity index (χ1v) is 7.30. The van der Waals surface area contributed by atoms with Gasteiger partial charge in [-0.25, -0.2) is 4.79 Å². The van der Waals surface area contributed by atoms with Crippen LogP contribution in [0.5, 0.6) is 0 Å². The fourth-order valence-electron chi connectivity index (χ4n) is 2.78. The highest BCUT2D eigenvalue weighted by Gasteiger charge is 2.33. The standard InChI is InChI=1S/C14H25N3O4/c1-9(12(18)15-2)8-17(3)14(21)16-7-10-5-4-6-11(10)13(19)20/h9-11H,4-8H2,1-3H3,(H,15,18)(H,16,21)(H,19,20). The van der Waals surface area contributed by atoms with Gasteiger partial charge in [0.25, 0.3) is 0 Å². The predicted molar refractivity (Wildman–Crippen MR) is 77.7 cm³/mol. The molecule has 0 spiro atoms. The lowest BCUT2D eigenvalue weighted by Gasteiger charge is -2.23. The Morgan fingerprint density at radius 1 is 1.33 bits per heavy atom. The highest BCUT2D eigenvalue weighted by molar-refractivity contribution is 5.79. The summed E-state index contributed by atoms with van der Waals surface area (Å²) < 4.78 is 0. The normalized spacial score (nSPS) is 22.4. The van der Waals surface area contributed by atoms with E-state index in [-0.39, 0.29) is 29.7 Å². The Morgan fingerprint density at radius 2 is 2.00 bits per heavy atom. The molecule has 3 N–H and O–H groups in total. The van der Waals surface area contributed by atoms with Crippen molar-refractivity contribution >= 4 is 17.9 Å². The fourth-order valence-corrected chi connectivity index (χ4v) is 2.78. The number of carbonyl (C=O) groups excluding carboxylic acids is 2. The van der Waals surface area contributed by atoms with Gasteiger partial charge in [0.2, 0.25) is 5.91 Å². The SMILES string of the molecule is CNC(=O)C(C)CN(C)C(=O)NCC1CCCC1C(=O)O. The molecule has 1 aliphatic carbocycles. The highest BCUT2D eigenvalue weighted by Crippen LogP contribution is 2.31. The molecule has 0 heterocycles. The number of aliphatic carboxylic acids is 1. The minimum absolute atomic E-state index is 0.00351. The molecule has 0 radical (unpaired) electrons. The molecule has 3 amide bonds. The van der Waals surface area contributed by atoms with Crippen LogP contribution in [-0.4, -0.2) is 55.1 Å². The molecule has 0 aromatic rings. The molecule has 0 aromatic carbocycles. The predicted octanol–water partition coefficient (Wildman–Crippen LogP) is 0.511. The smallest absolute Gasteiger partial charge is 0.317 e. The third kappa shape index (κ3) is 4.91. The van der Waals surface area contributed by atoms with Gasteiger partial charge in [-0.05, 0) is 18.8 Å². The number of nitrogens with one attached hydrogen (secondary N) is 2. The molecule has 120 valence electrons. The minimum atomic E-state index is -0.784. The van der Waals surface area contributed by atoms with E-state index in [9.17, 15) is 14.4 Å². The Kier molecular flexibility index (Phi) is 6.45. The molecule has 1 fully saturated rings. The largest absolute Gasteiger partial charge is 0.481 e. The van der Waals surface area contributed by atoms with Gasteiger partial charge in [-0.1, -0.05) is 13.3 Å². The van der Waals surface area contributed by atoms with E-state index in [1.165, 1.54) is 4.90 Å². The van der Waals surface area contributed by atoms with Gasteiger partial charge in [-0.3, -0.25) is 9.59 Å². The third-order valence-electron chi connectivity index (χ3n) is 4.08. The summed E-state index contributed by atoms with van der Waals surface area (Å²) in [4.78, 5) is 35.9. The van der Waals surface area contributed by atoms with Crippen molar-refractivity contribution in [2.45, 2.75) is 26.2 Å². The molecular formula is C14H25N3O4. The Hall–Kier alpha value is -1.79. The van der Waals surface area contributed by atoms with Crippen LogP contribution >= 0.6 is 0 Å². The summed E-state index contributed by atoms with van der Waals surface area (Å²) in [6.07, 6.45) is 2.40. The number of carboxylic acid groups (broad SMARTS) is 1. The first-order valence-electron chi connectivity index (χ1n) is 7.30. The van der Waals surface area contributed by atoms with Gasteiger partial charge in [-0.2, -0.15) is 0 Å². The lowest BCUT2D eigenvalue weighted by Crippen LogP contribution is -2.44. The highest BCUT2D eigenvalue weighted by atomic mass is 16.4. The lowest BCUT2D eigenvalue weighted by molar-refractivity contribution is -0.142. The van der Waals surface area contributed by atoms with E-state index in [1.54, 1.807) is 21.0 Å². The van der Waals surface area contributed by atoms with Crippen LogP contribution < -0.4 is 10.6 Å². The van der Waals surface area contributed by atoms with E-state index in [0.29, 0.717) is 19.5 Å². The van der Waals surface area contributed by atoms with E-state index in [2.05, 4.69) is 10.6 Å². The second-order valence-corrected chi connectivity index (χ2v) is 5.72. The van der Waals surface area contributed by atoms with Crippen molar-refractivity contribution in [3.8, 4) is 0 Å². The number of hydrogen-bond acceptors (Lipinski definition) is 3. The fraction of sp³-hybridized carbons (Fsp3) is 0.786. The van der Waals surface area contributed by atoms with Crippen LogP contribution in [0.3, 0.4) is 0 Å². The van der Waals surface area contributed by atoms with Crippen molar-refractivity contribution in [2.75, 3.05) is 27.2 Å². The third-order valence-corrected chi connectivity index (χ3v) is 4.08. The van der Waals surface area contributed by atoms with Gasteiger partial charge in [0.1, 0.15) is 0 Å². The van der Waals surface area contributed by atoms with Gasteiger partial charge in [0.05, 0.1) is 11.8 Å². The van der Waals surface area contributed by atoms with Crippen molar-refractivity contribution < 1.29 is 19.5 Å². The van der Waals surface area contributed by atoms with Crippen LogP contribution in [0.15, 0.2) is 0 Å². The van der Waals surface area contributed by atoms with Crippen LogP contribution in [0.25, 0.3) is 0 Å². The van der Waals surface area contributed by atoms with Crippen molar-refractivity contribution in [3.05, 3.63) is 0 Å². The second kappa shape index (κ2) is 7.85. The van der Waals surface area contributed by atoms with Crippen LogP contribution in [0.2, 0.25) is 0 Å². The van der Waals surface area contributed by atoms with E-state index in [0.717, 1.165) is 12.8 Å². The summed E-state index contributed by atoms with van der Waals surface area (Å²) in [6, 6.07) is -0.276. The summed E-state index contributed by atoms with van der Waals surface area (Å²) in [5.74, 6) is -1.55. The van der Waals surface area contributed by atoms with Gasteiger partial charge < -0.3 is 20.6 Å².